The lowest BCUT2D eigenvalue weighted by atomic mass is 10.3. The molecular formula is C14H15ClN4O2S2. The van der Waals surface area contributed by atoms with Crippen molar-refractivity contribution in [2.75, 3.05) is 13.1 Å². The minimum Gasteiger partial charge on any atom is -0.352 e. The molecule has 0 saturated carbocycles. The number of carbonyl (C=O) groups excluding carboxylic acids is 2. The van der Waals surface area contributed by atoms with E-state index in [2.05, 4.69) is 10.3 Å². The Balaban J connectivity index is 1.76. The van der Waals surface area contributed by atoms with Gasteiger partial charge in [-0.3, -0.25) is 4.79 Å². The average Bonchev–Trinajstić information content (AvgIpc) is 3.18. The van der Waals surface area contributed by atoms with Gasteiger partial charge in [0.15, 0.2) is 0 Å². The maximum absolute atomic E-state index is 12.7. The summed E-state index contributed by atoms with van der Waals surface area (Å²) < 4.78 is 0.695. The summed E-state index contributed by atoms with van der Waals surface area (Å²) >= 11 is 8.77. The Kier molecular flexibility index (Phi) is 4.56. The third-order valence-electron chi connectivity index (χ3n) is 3.60. The van der Waals surface area contributed by atoms with Crippen molar-refractivity contribution in [3.05, 3.63) is 27.0 Å². The highest BCUT2D eigenvalue weighted by Crippen LogP contribution is 2.35. The molecule has 1 fully saturated rings. The minimum atomic E-state index is -0.560. The van der Waals surface area contributed by atoms with Crippen LogP contribution in [0.5, 0.6) is 0 Å². The van der Waals surface area contributed by atoms with Gasteiger partial charge in [0.05, 0.1) is 14.9 Å². The fourth-order valence-electron chi connectivity index (χ4n) is 2.54. The number of hydrogen-bond acceptors (Lipinski definition) is 5. The van der Waals surface area contributed by atoms with Gasteiger partial charge in [0.25, 0.3) is 5.91 Å². The molecule has 1 aliphatic heterocycles. The van der Waals surface area contributed by atoms with Gasteiger partial charge in [-0.1, -0.05) is 11.6 Å². The van der Waals surface area contributed by atoms with E-state index < -0.39 is 6.03 Å². The van der Waals surface area contributed by atoms with E-state index >= 15 is 0 Å². The zero-order valence-corrected chi connectivity index (χ0v) is 14.7. The number of nitrogens with two attached hydrogens (primary N) is 1. The highest BCUT2D eigenvalue weighted by molar-refractivity contribution is 7.24. The summed E-state index contributed by atoms with van der Waals surface area (Å²) in [7, 11) is 0. The minimum absolute atomic E-state index is 0.0531. The fourth-order valence-corrected chi connectivity index (χ4v) is 4.67. The number of urea groups is 1. The van der Waals surface area contributed by atoms with Crippen molar-refractivity contribution in [2.24, 2.45) is 5.73 Å². The lowest BCUT2D eigenvalue weighted by Crippen LogP contribution is -2.41. The number of thiazole rings is 1. The van der Waals surface area contributed by atoms with Crippen LogP contribution in [-0.4, -0.2) is 41.0 Å². The van der Waals surface area contributed by atoms with Crippen LogP contribution in [0, 0.1) is 6.92 Å². The second-order valence-corrected chi connectivity index (χ2v) is 8.00. The Hall–Kier alpha value is -1.64. The lowest BCUT2D eigenvalue weighted by molar-refractivity contribution is 0.0793. The molecule has 3 heterocycles. The van der Waals surface area contributed by atoms with Crippen LogP contribution in [0.1, 0.15) is 21.8 Å². The Bertz CT molecular complexity index is 758. The molecule has 0 radical (unpaired) electrons. The molecule has 122 valence electrons. The first-order valence-electron chi connectivity index (χ1n) is 7.02. The number of rotatable bonds is 3. The summed E-state index contributed by atoms with van der Waals surface area (Å²) in [4.78, 5) is 31.4. The number of aryl methyl sites for hydroxylation is 1. The first-order chi connectivity index (χ1) is 10.9. The van der Waals surface area contributed by atoms with Gasteiger partial charge in [-0.05, 0) is 25.5 Å². The number of hydrogen-bond donors (Lipinski definition) is 2. The molecule has 23 heavy (non-hydrogen) atoms. The van der Waals surface area contributed by atoms with Gasteiger partial charge in [0.1, 0.15) is 9.88 Å². The van der Waals surface area contributed by atoms with Crippen molar-refractivity contribution in [1.82, 2.24) is 15.2 Å². The maximum Gasteiger partial charge on any atom is 0.312 e. The van der Waals surface area contributed by atoms with E-state index in [4.69, 9.17) is 17.3 Å². The van der Waals surface area contributed by atoms with Crippen molar-refractivity contribution in [3.63, 3.8) is 0 Å². The molecule has 2 aromatic heterocycles. The Morgan fingerprint density at radius 3 is 2.87 bits per heavy atom. The van der Waals surface area contributed by atoms with Gasteiger partial charge < -0.3 is 16.0 Å². The van der Waals surface area contributed by atoms with Gasteiger partial charge >= 0.3 is 6.03 Å². The molecule has 1 aliphatic rings. The fraction of sp³-hybridized carbons (Fsp3) is 0.357. The van der Waals surface area contributed by atoms with E-state index in [-0.39, 0.29) is 11.9 Å². The molecule has 0 aromatic carbocycles. The zero-order chi connectivity index (χ0) is 16.6. The number of primary amides is 1. The van der Waals surface area contributed by atoms with Gasteiger partial charge in [0, 0.05) is 19.1 Å². The highest BCUT2D eigenvalue weighted by Gasteiger charge is 2.30. The van der Waals surface area contributed by atoms with E-state index in [0.29, 0.717) is 34.4 Å². The molecule has 6 nitrogen and oxygen atoms in total. The van der Waals surface area contributed by atoms with Crippen molar-refractivity contribution >= 4 is 46.2 Å². The molecule has 3 N–H and O–H groups in total. The normalized spacial score (nSPS) is 17.5. The van der Waals surface area contributed by atoms with Crippen LogP contribution in [0.15, 0.2) is 12.1 Å². The van der Waals surface area contributed by atoms with Crippen molar-refractivity contribution in [2.45, 2.75) is 19.4 Å². The average molecular weight is 371 g/mol. The smallest absolute Gasteiger partial charge is 0.312 e. The Morgan fingerprint density at radius 2 is 2.22 bits per heavy atom. The molecule has 1 saturated heterocycles. The van der Waals surface area contributed by atoms with Crippen molar-refractivity contribution in [1.29, 1.82) is 0 Å². The number of nitrogens with zero attached hydrogens (tertiary/aromatic N) is 2. The summed E-state index contributed by atoms with van der Waals surface area (Å²) in [6, 6.07) is 3.08. The van der Waals surface area contributed by atoms with Crippen LogP contribution in [-0.2, 0) is 0 Å². The van der Waals surface area contributed by atoms with Crippen LogP contribution >= 0.6 is 34.3 Å². The number of thiophene rings is 1. The summed E-state index contributed by atoms with van der Waals surface area (Å²) in [6.45, 7) is 2.90. The van der Waals surface area contributed by atoms with Gasteiger partial charge in [-0.2, -0.15) is 0 Å². The van der Waals surface area contributed by atoms with E-state index in [0.717, 1.165) is 9.88 Å². The molecule has 0 spiro atoms. The monoisotopic (exact) mass is 370 g/mol. The van der Waals surface area contributed by atoms with Crippen molar-refractivity contribution in [3.8, 4) is 9.88 Å². The van der Waals surface area contributed by atoms with E-state index in [1.54, 1.807) is 4.90 Å². The number of carbonyl (C=O) groups is 2. The van der Waals surface area contributed by atoms with Crippen LogP contribution in [0.3, 0.4) is 0 Å². The summed E-state index contributed by atoms with van der Waals surface area (Å²) in [6.07, 6.45) is 0.708. The SMILES string of the molecule is Cc1nc(-c2ccc(Cl)s2)sc1C(=O)N1CC[C@@H](NC(N)=O)C1. The summed E-state index contributed by atoms with van der Waals surface area (Å²) in [5.41, 5.74) is 5.84. The maximum atomic E-state index is 12.7. The highest BCUT2D eigenvalue weighted by atomic mass is 35.5. The predicted octanol–water partition coefficient (Wildman–Crippen LogP) is 2.72. The number of likely N-dealkylation sites (tertiary alicyclic amines) is 1. The number of nitrogens with one attached hydrogen (secondary N) is 1. The van der Waals surface area contributed by atoms with E-state index in [9.17, 15) is 9.59 Å². The van der Waals surface area contributed by atoms with Crippen LogP contribution in [0.4, 0.5) is 4.79 Å². The number of aromatic nitrogens is 1. The van der Waals surface area contributed by atoms with E-state index in [1.165, 1.54) is 22.7 Å². The second-order valence-electron chi connectivity index (χ2n) is 5.28. The molecule has 3 amide bonds. The number of halogens is 1. The van der Waals surface area contributed by atoms with Gasteiger partial charge in [0.2, 0.25) is 0 Å². The predicted molar refractivity (Wildman–Crippen MR) is 92.2 cm³/mol. The molecule has 1 atom stereocenters. The molecule has 9 heteroatoms. The molecule has 0 unspecified atom stereocenters. The Morgan fingerprint density at radius 1 is 1.43 bits per heavy atom. The number of amides is 3. The third kappa shape index (κ3) is 3.49. The molecule has 3 rings (SSSR count). The molecule has 0 aliphatic carbocycles. The second kappa shape index (κ2) is 6.46. The lowest BCUT2D eigenvalue weighted by Gasteiger charge is -2.15. The van der Waals surface area contributed by atoms with Gasteiger partial charge in [-0.15, -0.1) is 22.7 Å². The van der Waals surface area contributed by atoms with Crippen LogP contribution in [0.25, 0.3) is 9.88 Å². The molecule has 0 bridgehead atoms. The molecule has 2 aromatic rings. The first kappa shape index (κ1) is 16.2. The first-order valence-corrected chi connectivity index (χ1v) is 9.03. The van der Waals surface area contributed by atoms with Crippen LogP contribution in [0.2, 0.25) is 4.34 Å². The van der Waals surface area contributed by atoms with E-state index in [1.807, 2.05) is 19.1 Å². The standard InChI is InChI=1S/C14H15ClN4O2S2/c1-7-11(23-12(17-7)9-2-3-10(15)22-9)13(20)19-5-4-8(6-19)18-14(16)21/h2-3,8H,4-6H2,1H3,(H3,16,18,21)/t8-/m1/s1. The van der Waals surface area contributed by atoms with Gasteiger partial charge in [-0.25, -0.2) is 9.78 Å². The Labute approximate surface area is 146 Å². The van der Waals surface area contributed by atoms with Crippen LogP contribution < -0.4 is 11.1 Å². The topological polar surface area (TPSA) is 88.3 Å². The summed E-state index contributed by atoms with van der Waals surface area (Å²) in [5, 5.41) is 3.45. The zero-order valence-electron chi connectivity index (χ0n) is 12.3. The third-order valence-corrected chi connectivity index (χ3v) is 6.14. The van der Waals surface area contributed by atoms with Crippen molar-refractivity contribution < 1.29 is 9.59 Å². The largest absolute Gasteiger partial charge is 0.352 e. The summed E-state index contributed by atoms with van der Waals surface area (Å²) in [5.74, 6) is -0.0531. The quantitative estimate of drug-likeness (QED) is 0.870. The molecular weight excluding hydrogens is 356 g/mol.